The van der Waals surface area contributed by atoms with Crippen molar-refractivity contribution in [3.63, 3.8) is 0 Å². The molecule has 2 N–H and O–H groups in total. The van der Waals surface area contributed by atoms with E-state index in [2.05, 4.69) is 0 Å². The fourth-order valence-corrected chi connectivity index (χ4v) is 0.325. The first-order chi connectivity index (χ1) is 3.95. The van der Waals surface area contributed by atoms with Gasteiger partial charge in [-0.05, 0) is 6.92 Å². The van der Waals surface area contributed by atoms with Gasteiger partial charge in [0.1, 0.15) is 0 Å². The van der Waals surface area contributed by atoms with E-state index < -0.39 is 18.9 Å². The maximum absolute atomic E-state index is 11.3. The molecule has 0 aliphatic rings. The van der Waals surface area contributed by atoms with Crippen LogP contribution in [0, 0.1) is 0 Å². The van der Waals surface area contributed by atoms with E-state index >= 15 is 0 Å². The molecule has 1 atom stereocenters. The van der Waals surface area contributed by atoms with Crippen molar-refractivity contribution in [1.82, 2.24) is 5.32 Å². The minimum atomic E-state index is -4.39. The van der Waals surface area contributed by atoms with E-state index in [0.29, 0.717) is 0 Å². The molecule has 1 unspecified atom stereocenters. The maximum Gasteiger partial charge on any atom is 0.457 e. The summed E-state index contributed by atoms with van der Waals surface area (Å²) in [5.74, 6) is 0. The Morgan fingerprint density at radius 3 is 2.11 bits per heavy atom. The van der Waals surface area contributed by atoms with Gasteiger partial charge >= 0.3 is 6.30 Å². The zero-order valence-corrected chi connectivity index (χ0v) is 4.87. The van der Waals surface area contributed by atoms with Crippen molar-refractivity contribution < 1.29 is 18.3 Å². The first kappa shape index (κ1) is 8.71. The first-order valence-electron chi connectivity index (χ1n) is 2.41. The fraction of sp³-hybridized carbons (Fsp3) is 1.00. The highest BCUT2D eigenvalue weighted by Gasteiger charge is 2.28. The number of aliphatic hydroxyl groups excluding tert-OH is 1. The summed E-state index contributed by atoms with van der Waals surface area (Å²) >= 11 is 0. The third-order valence-electron chi connectivity index (χ3n) is 0.684. The van der Waals surface area contributed by atoms with Crippen LogP contribution in [0.25, 0.3) is 0 Å². The Morgan fingerprint density at radius 1 is 1.56 bits per heavy atom. The minimum absolute atomic E-state index is 0.514. The molecule has 0 saturated heterocycles. The molecule has 0 spiro atoms. The number of rotatable bonds is 2. The number of nitrogens with one attached hydrogen (secondary N) is 1. The maximum atomic E-state index is 11.3. The molecule has 0 aliphatic carbocycles. The summed E-state index contributed by atoms with van der Waals surface area (Å²) in [7, 11) is 0. The van der Waals surface area contributed by atoms with Gasteiger partial charge in [0, 0.05) is 6.04 Å². The molecular formula is C4H8F3NO. The lowest BCUT2D eigenvalue weighted by molar-refractivity contribution is -0.165. The van der Waals surface area contributed by atoms with Crippen LogP contribution in [-0.4, -0.2) is 24.1 Å². The molecule has 0 amide bonds. The third kappa shape index (κ3) is 5.58. The molecule has 0 aromatic rings. The van der Waals surface area contributed by atoms with E-state index in [0.717, 1.165) is 0 Å². The Labute approximate surface area is 50.7 Å². The van der Waals surface area contributed by atoms with Gasteiger partial charge in [0.2, 0.25) is 0 Å². The zero-order chi connectivity index (χ0) is 7.49. The van der Waals surface area contributed by atoms with Gasteiger partial charge in [-0.3, -0.25) is 0 Å². The number of hydrogen-bond acceptors (Lipinski definition) is 2. The van der Waals surface area contributed by atoms with E-state index in [1.54, 1.807) is 0 Å². The Bertz CT molecular complexity index is 82.4. The van der Waals surface area contributed by atoms with E-state index in [1.165, 1.54) is 12.2 Å². The normalized spacial score (nSPS) is 15.7. The van der Waals surface area contributed by atoms with Crippen molar-refractivity contribution in [2.45, 2.75) is 19.3 Å². The lowest BCUT2D eigenvalue weighted by atomic mass is 10.4. The number of aliphatic hydroxyl groups is 1. The molecule has 5 heteroatoms. The van der Waals surface area contributed by atoms with Crippen LogP contribution < -0.4 is 5.32 Å². The van der Waals surface area contributed by atoms with Crippen LogP contribution in [-0.2, 0) is 0 Å². The second-order valence-corrected chi connectivity index (χ2v) is 1.73. The largest absolute Gasteiger partial charge is 0.457 e. The average molecular weight is 143 g/mol. The smallest absolute Gasteiger partial charge is 0.395 e. The molecule has 0 heterocycles. The van der Waals surface area contributed by atoms with Crippen LogP contribution in [0.15, 0.2) is 0 Å². The van der Waals surface area contributed by atoms with Crippen molar-refractivity contribution in [3.8, 4) is 0 Å². The second-order valence-electron chi connectivity index (χ2n) is 1.73. The van der Waals surface area contributed by atoms with Crippen LogP contribution in [0.5, 0.6) is 0 Å². The summed E-state index contributed by atoms with van der Waals surface area (Å²) in [6.07, 6.45) is -4.39. The van der Waals surface area contributed by atoms with Gasteiger partial charge in [0.15, 0.2) is 0 Å². The summed E-state index contributed by atoms with van der Waals surface area (Å²) in [5.41, 5.74) is 0. The van der Waals surface area contributed by atoms with Crippen LogP contribution >= 0.6 is 0 Å². The highest BCUT2D eigenvalue weighted by molar-refractivity contribution is 4.58. The second kappa shape index (κ2) is 3.03. The highest BCUT2D eigenvalue weighted by atomic mass is 19.4. The average Bonchev–Trinajstić information content (AvgIpc) is 1.62. The van der Waals surface area contributed by atoms with E-state index in [1.807, 2.05) is 0 Å². The lowest BCUT2D eigenvalue weighted by Crippen LogP contribution is -2.40. The lowest BCUT2D eigenvalue weighted by Gasteiger charge is -2.12. The van der Waals surface area contributed by atoms with Crippen molar-refractivity contribution in [2.75, 3.05) is 6.61 Å². The standard InChI is InChI=1S/C4H8F3NO/c1-3(2-9)8-4(5,6)7/h3,8-9H,2H2,1H3. The Morgan fingerprint density at radius 2 is 2.00 bits per heavy atom. The van der Waals surface area contributed by atoms with Crippen LogP contribution in [0.2, 0.25) is 0 Å². The van der Waals surface area contributed by atoms with Gasteiger partial charge in [-0.1, -0.05) is 0 Å². The molecule has 2 nitrogen and oxygen atoms in total. The van der Waals surface area contributed by atoms with Gasteiger partial charge in [-0.25, -0.2) is 5.32 Å². The van der Waals surface area contributed by atoms with Gasteiger partial charge < -0.3 is 5.11 Å². The highest BCUT2D eigenvalue weighted by Crippen LogP contribution is 2.09. The summed E-state index contributed by atoms with van der Waals surface area (Å²) in [4.78, 5) is 0. The number of hydrogen-bond donors (Lipinski definition) is 2. The third-order valence-corrected chi connectivity index (χ3v) is 0.684. The van der Waals surface area contributed by atoms with E-state index in [-0.39, 0.29) is 0 Å². The Kier molecular flexibility index (Phi) is 2.93. The summed E-state index contributed by atoms with van der Waals surface area (Å²) in [5, 5.41) is 9.35. The molecule has 0 bridgehead atoms. The van der Waals surface area contributed by atoms with E-state index in [4.69, 9.17) is 5.11 Å². The van der Waals surface area contributed by atoms with E-state index in [9.17, 15) is 13.2 Å². The molecule has 56 valence electrons. The van der Waals surface area contributed by atoms with Crippen molar-refractivity contribution in [3.05, 3.63) is 0 Å². The number of alkyl halides is 3. The molecule has 0 saturated carbocycles. The van der Waals surface area contributed by atoms with Crippen molar-refractivity contribution in [2.24, 2.45) is 0 Å². The summed E-state index contributed by atoms with van der Waals surface area (Å²) in [6, 6.07) is -0.926. The zero-order valence-electron chi connectivity index (χ0n) is 4.87. The topological polar surface area (TPSA) is 32.3 Å². The summed E-state index contributed by atoms with van der Waals surface area (Å²) < 4.78 is 33.8. The number of halogens is 3. The molecular weight excluding hydrogens is 135 g/mol. The Hall–Kier alpha value is -0.290. The van der Waals surface area contributed by atoms with Crippen LogP contribution in [0.4, 0.5) is 13.2 Å². The molecule has 0 rings (SSSR count). The molecule has 0 aromatic carbocycles. The SMILES string of the molecule is CC(CO)NC(F)(F)F. The minimum Gasteiger partial charge on any atom is -0.395 e. The molecule has 9 heavy (non-hydrogen) atoms. The first-order valence-corrected chi connectivity index (χ1v) is 2.41. The summed E-state index contributed by atoms with van der Waals surface area (Å²) in [6.45, 7) is 0.729. The quantitative estimate of drug-likeness (QED) is 0.551. The van der Waals surface area contributed by atoms with Crippen LogP contribution in [0.3, 0.4) is 0 Å². The Balaban J connectivity index is 3.47. The fourth-order valence-electron chi connectivity index (χ4n) is 0.325. The van der Waals surface area contributed by atoms with Crippen LogP contribution in [0.1, 0.15) is 6.92 Å². The predicted octanol–water partition coefficient (Wildman–Crippen LogP) is 0.477. The molecule has 0 aromatic heterocycles. The van der Waals surface area contributed by atoms with Gasteiger partial charge in [-0.2, -0.15) is 13.2 Å². The van der Waals surface area contributed by atoms with Gasteiger partial charge in [0.25, 0.3) is 0 Å². The predicted molar refractivity (Wildman–Crippen MR) is 25.7 cm³/mol. The molecule has 0 fully saturated rings. The van der Waals surface area contributed by atoms with Gasteiger partial charge in [-0.15, -0.1) is 0 Å². The van der Waals surface area contributed by atoms with Crippen molar-refractivity contribution >= 4 is 0 Å². The van der Waals surface area contributed by atoms with Gasteiger partial charge in [0.05, 0.1) is 6.61 Å². The molecule has 0 radical (unpaired) electrons. The molecule has 0 aliphatic heterocycles. The monoisotopic (exact) mass is 143 g/mol. The van der Waals surface area contributed by atoms with Crippen molar-refractivity contribution in [1.29, 1.82) is 0 Å².